The van der Waals surface area contributed by atoms with Gasteiger partial charge in [0.2, 0.25) is 0 Å². The second-order valence-corrected chi connectivity index (χ2v) is 9.48. The minimum absolute atomic E-state index is 0.240. The van der Waals surface area contributed by atoms with Gasteiger partial charge in [0.1, 0.15) is 29.0 Å². The first kappa shape index (κ1) is 20.6. The zero-order valence-corrected chi connectivity index (χ0v) is 18.9. The molecular weight excluding hydrogens is 448 g/mol. The summed E-state index contributed by atoms with van der Waals surface area (Å²) < 4.78 is 28.3. The Morgan fingerprint density at radius 2 is 1.91 bits per heavy atom. The Balaban J connectivity index is 1.34. The van der Waals surface area contributed by atoms with Gasteiger partial charge >= 0.3 is 0 Å². The van der Waals surface area contributed by atoms with Gasteiger partial charge in [-0.15, -0.1) is 0 Å². The Labute approximate surface area is 200 Å². The number of aromatic nitrogens is 4. The van der Waals surface area contributed by atoms with E-state index in [-0.39, 0.29) is 5.69 Å². The van der Waals surface area contributed by atoms with Crippen molar-refractivity contribution in [3.05, 3.63) is 66.1 Å². The minimum atomic E-state index is -0.683. The SMILES string of the molecule is Fc1cccc(F)c1Nc1cc(-c2nc(N3CCNC4CC43)c3c(C4CC4)cncc3n2)ccn1. The molecule has 3 aromatic heterocycles. The van der Waals surface area contributed by atoms with E-state index in [0.29, 0.717) is 35.2 Å². The summed E-state index contributed by atoms with van der Waals surface area (Å²) in [5.74, 6) is 0.957. The number of para-hydroxylation sites is 1. The number of anilines is 3. The smallest absolute Gasteiger partial charge is 0.162 e. The van der Waals surface area contributed by atoms with Crippen molar-refractivity contribution in [1.29, 1.82) is 0 Å². The van der Waals surface area contributed by atoms with Crippen LogP contribution in [-0.4, -0.2) is 45.1 Å². The number of piperazine rings is 1. The first-order valence-electron chi connectivity index (χ1n) is 12.0. The van der Waals surface area contributed by atoms with Crippen LogP contribution < -0.4 is 15.5 Å². The highest BCUT2D eigenvalue weighted by Gasteiger charge is 2.45. The van der Waals surface area contributed by atoms with E-state index in [1.54, 1.807) is 18.5 Å². The molecule has 0 bridgehead atoms. The fourth-order valence-electron chi connectivity index (χ4n) is 5.06. The molecule has 2 saturated carbocycles. The van der Waals surface area contributed by atoms with Gasteiger partial charge in [0.25, 0.3) is 0 Å². The standard InChI is InChI=1S/C26H23F2N7/c27-17-2-1-3-18(28)24(17)33-22-10-15(6-7-31-22)25-32-20-13-29-12-16(14-4-5-14)23(20)26(34-25)35-9-8-30-19-11-21(19)35/h1-3,6-7,10,12-14,19,21,30H,4-5,8-9,11H2,(H,31,33). The molecule has 1 aromatic carbocycles. The summed E-state index contributed by atoms with van der Waals surface area (Å²) in [6.45, 7) is 1.80. The number of rotatable bonds is 5. The van der Waals surface area contributed by atoms with Crippen LogP contribution in [0.2, 0.25) is 0 Å². The zero-order chi connectivity index (χ0) is 23.5. The molecule has 7 nitrogen and oxygen atoms in total. The van der Waals surface area contributed by atoms with Crippen LogP contribution in [0.4, 0.5) is 26.1 Å². The van der Waals surface area contributed by atoms with E-state index in [4.69, 9.17) is 9.97 Å². The molecule has 0 radical (unpaired) electrons. The van der Waals surface area contributed by atoms with E-state index in [1.807, 2.05) is 12.3 Å². The Morgan fingerprint density at radius 3 is 2.74 bits per heavy atom. The van der Waals surface area contributed by atoms with Gasteiger partial charge in [-0.05, 0) is 55.0 Å². The third-order valence-corrected chi connectivity index (χ3v) is 7.06. The fourth-order valence-corrected chi connectivity index (χ4v) is 5.06. The van der Waals surface area contributed by atoms with Gasteiger partial charge in [-0.25, -0.2) is 23.7 Å². The quantitative estimate of drug-likeness (QED) is 0.443. The summed E-state index contributed by atoms with van der Waals surface area (Å²) in [4.78, 5) is 21.1. The summed E-state index contributed by atoms with van der Waals surface area (Å²) in [6, 6.07) is 8.21. The maximum atomic E-state index is 14.2. The first-order valence-corrected chi connectivity index (χ1v) is 12.0. The third-order valence-electron chi connectivity index (χ3n) is 7.06. The summed E-state index contributed by atoms with van der Waals surface area (Å²) in [6.07, 6.45) is 8.81. The highest BCUT2D eigenvalue weighted by Crippen LogP contribution is 2.46. The maximum absolute atomic E-state index is 14.2. The van der Waals surface area contributed by atoms with Crippen LogP contribution in [0, 0.1) is 11.6 Å². The summed E-state index contributed by atoms with van der Waals surface area (Å²) in [5.41, 5.74) is 2.52. The van der Waals surface area contributed by atoms with Gasteiger partial charge in [0, 0.05) is 48.5 Å². The van der Waals surface area contributed by atoms with Gasteiger partial charge in [-0.2, -0.15) is 0 Å². The lowest BCUT2D eigenvalue weighted by molar-refractivity contribution is 0.578. The second kappa shape index (κ2) is 7.91. The number of benzene rings is 1. The molecule has 0 spiro atoms. The van der Waals surface area contributed by atoms with Crippen LogP contribution >= 0.6 is 0 Å². The lowest BCUT2D eigenvalue weighted by Crippen LogP contribution is -2.44. The predicted molar refractivity (Wildman–Crippen MR) is 130 cm³/mol. The summed E-state index contributed by atoms with van der Waals surface area (Å²) >= 11 is 0. The molecule has 2 N–H and O–H groups in total. The Kier molecular flexibility index (Phi) is 4.66. The lowest BCUT2D eigenvalue weighted by atomic mass is 10.1. The van der Waals surface area contributed by atoms with Crippen molar-refractivity contribution in [2.75, 3.05) is 23.3 Å². The molecule has 2 aliphatic carbocycles. The molecule has 1 saturated heterocycles. The molecule has 176 valence electrons. The van der Waals surface area contributed by atoms with Crippen LogP contribution in [0.3, 0.4) is 0 Å². The Bertz CT molecular complexity index is 1440. The van der Waals surface area contributed by atoms with E-state index in [0.717, 1.165) is 36.2 Å². The molecule has 3 fully saturated rings. The monoisotopic (exact) mass is 471 g/mol. The van der Waals surface area contributed by atoms with Gasteiger partial charge < -0.3 is 15.5 Å². The van der Waals surface area contributed by atoms with Gasteiger partial charge in [-0.3, -0.25) is 4.98 Å². The second-order valence-electron chi connectivity index (χ2n) is 9.48. The van der Waals surface area contributed by atoms with Gasteiger partial charge in [0.05, 0.1) is 11.7 Å². The van der Waals surface area contributed by atoms with Crippen molar-refractivity contribution in [3.8, 4) is 11.4 Å². The highest BCUT2D eigenvalue weighted by molar-refractivity contribution is 5.94. The van der Waals surface area contributed by atoms with E-state index in [2.05, 4.69) is 25.5 Å². The van der Waals surface area contributed by atoms with Gasteiger partial charge in [-0.1, -0.05) is 6.07 Å². The van der Waals surface area contributed by atoms with Crippen LogP contribution in [0.1, 0.15) is 30.7 Å². The van der Waals surface area contributed by atoms with Crippen molar-refractivity contribution >= 4 is 28.2 Å². The molecule has 0 amide bonds. The van der Waals surface area contributed by atoms with Crippen molar-refractivity contribution in [1.82, 2.24) is 25.3 Å². The average Bonchev–Trinajstić information content (AvgIpc) is 3.79. The molecule has 2 unspecified atom stereocenters. The van der Waals surface area contributed by atoms with Crippen LogP contribution in [0.5, 0.6) is 0 Å². The zero-order valence-electron chi connectivity index (χ0n) is 18.9. The van der Waals surface area contributed by atoms with E-state index >= 15 is 0 Å². The molecule has 35 heavy (non-hydrogen) atoms. The minimum Gasteiger partial charge on any atom is -0.350 e. The number of nitrogens with zero attached hydrogens (tertiary/aromatic N) is 5. The van der Waals surface area contributed by atoms with Crippen molar-refractivity contribution in [2.24, 2.45) is 0 Å². The molecule has 9 heteroatoms. The Morgan fingerprint density at radius 1 is 1.06 bits per heavy atom. The molecule has 7 rings (SSSR count). The van der Waals surface area contributed by atoms with Crippen molar-refractivity contribution < 1.29 is 8.78 Å². The topological polar surface area (TPSA) is 78.9 Å². The van der Waals surface area contributed by atoms with E-state index in [9.17, 15) is 8.78 Å². The van der Waals surface area contributed by atoms with Crippen molar-refractivity contribution in [3.63, 3.8) is 0 Å². The number of pyridine rings is 2. The lowest BCUT2D eigenvalue weighted by Gasteiger charge is -2.30. The number of halogens is 2. The number of hydrogen-bond acceptors (Lipinski definition) is 7. The van der Waals surface area contributed by atoms with Crippen molar-refractivity contribution in [2.45, 2.75) is 37.3 Å². The fraction of sp³-hybridized carbons (Fsp3) is 0.308. The molecule has 1 aliphatic heterocycles. The number of nitrogens with one attached hydrogen (secondary N) is 2. The molecule has 3 aliphatic rings. The summed E-state index contributed by atoms with van der Waals surface area (Å²) in [5, 5.41) is 7.43. The number of hydrogen-bond donors (Lipinski definition) is 2. The Hall–Kier alpha value is -3.72. The van der Waals surface area contributed by atoms with Gasteiger partial charge in [0.15, 0.2) is 5.82 Å². The van der Waals surface area contributed by atoms with Crippen LogP contribution in [0.15, 0.2) is 48.9 Å². The largest absolute Gasteiger partial charge is 0.350 e. The van der Waals surface area contributed by atoms with E-state index in [1.165, 1.54) is 36.6 Å². The third kappa shape index (κ3) is 3.67. The predicted octanol–water partition coefficient (Wildman–Crippen LogP) is 4.54. The van der Waals surface area contributed by atoms with Crippen LogP contribution in [-0.2, 0) is 0 Å². The molecule has 4 heterocycles. The van der Waals surface area contributed by atoms with Crippen LogP contribution in [0.25, 0.3) is 22.3 Å². The first-order chi connectivity index (χ1) is 17.2. The van der Waals surface area contributed by atoms with E-state index < -0.39 is 11.6 Å². The molecule has 2 atom stereocenters. The molecular formula is C26H23F2N7. The normalized spacial score (nSPS) is 21.1. The average molecular weight is 472 g/mol. The summed E-state index contributed by atoms with van der Waals surface area (Å²) in [7, 11) is 0. The number of fused-ring (bicyclic) bond motifs is 2. The molecule has 4 aromatic rings. The maximum Gasteiger partial charge on any atom is 0.162 e. The highest BCUT2D eigenvalue weighted by atomic mass is 19.1.